The molecule has 1 aromatic carbocycles. The fourth-order valence-electron chi connectivity index (χ4n) is 3.56. The summed E-state index contributed by atoms with van der Waals surface area (Å²) in [6, 6.07) is 12.5. The fraction of sp³-hybridized carbons (Fsp3) is 0.421. The van der Waals surface area contributed by atoms with Gasteiger partial charge in [-0.2, -0.15) is 0 Å². The smallest absolute Gasteiger partial charge is 0.183 e. The Morgan fingerprint density at radius 3 is 2.72 bits per heavy atom. The summed E-state index contributed by atoms with van der Waals surface area (Å²) in [6.45, 7) is 5.23. The summed E-state index contributed by atoms with van der Waals surface area (Å²) in [4.78, 5) is 12.4. The number of anilines is 2. The van der Waals surface area contributed by atoms with E-state index in [1.165, 1.54) is 5.56 Å². The number of pyridine rings is 1. The molecule has 1 saturated heterocycles. The van der Waals surface area contributed by atoms with Crippen molar-refractivity contribution in [2.45, 2.75) is 11.3 Å². The lowest BCUT2D eigenvalue weighted by atomic mass is 10.1. The van der Waals surface area contributed by atoms with E-state index in [9.17, 15) is 4.55 Å². The Hall–Kier alpha value is -1.76. The van der Waals surface area contributed by atoms with Crippen LogP contribution in [0.1, 0.15) is 5.56 Å². The van der Waals surface area contributed by atoms with Crippen molar-refractivity contribution in [2.24, 2.45) is 0 Å². The summed E-state index contributed by atoms with van der Waals surface area (Å²) in [6.07, 6.45) is 2.87. The fourth-order valence-corrected chi connectivity index (χ4v) is 4.93. The van der Waals surface area contributed by atoms with Gasteiger partial charge in [0, 0.05) is 57.1 Å². The maximum atomic E-state index is 12.2. The van der Waals surface area contributed by atoms with Gasteiger partial charge in [-0.1, -0.05) is 12.1 Å². The normalized spacial score (nSPS) is 20.8. The highest BCUT2D eigenvalue weighted by atomic mass is 32.2. The SMILES string of the molecule is CN1C[S+]([O-])c2cc(CCN3CCN(c4ccccn4)CC3)ccc21. The molecule has 0 bridgehead atoms. The number of aromatic nitrogens is 1. The standard InChI is InChI=1S/C19H24N4OS/c1-21-15-25(24)18-14-16(5-6-17(18)21)7-9-22-10-12-23(13-11-22)19-4-2-3-8-20-19/h2-6,8,14H,7,9-13,15H2,1H3. The van der Waals surface area contributed by atoms with Crippen LogP contribution in [0.25, 0.3) is 0 Å². The van der Waals surface area contributed by atoms with E-state index in [-0.39, 0.29) is 0 Å². The molecule has 2 aliphatic heterocycles. The number of nitrogens with zero attached hydrogens (tertiary/aromatic N) is 4. The van der Waals surface area contributed by atoms with Crippen LogP contribution in [0.4, 0.5) is 11.5 Å². The largest absolute Gasteiger partial charge is 0.610 e. The maximum absolute atomic E-state index is 12.2. The summed E-state index contributed by atoms with van der Waals surface area (Å²) in [5, 5.41) is 0. The molecule has 0 saturated carbocycles. The number of fused-ring (bicyclic) bond motifs is 1. The molecule has 0 aliphatic carbocycles. The third-order valence-corrected chi connectivity index (χ3v) is 6.49. The Morgan fingerprint density at radius 1 is 1.12 bits per heavy atom. The quantitative estimate of drug-likeness (QED) is 0.784. The summed E-state index contributed by atoms with van der Waals surface area (Å²) in [5.74, 6) is 1.70. The molecule has 2 aliphatic rings. The highest BCUT2D eigenvalue weighted by Crippen LogP contribution is 2.33. The minimum absolute atomic E-state index is 0.619. The van der Waals surface area contributed by atoms with Crippen molar-refractivity contribution in [3.8, 4) is 0 Å². The van der Waals surface area contributed by atoms with E-state index in [1.807, 2.05) is 25.4 Å². The molecular formula is C19H24N4OS. The Kier molecular flexibility index (Phi) is 4.83. The third-order valence-electron chi connectivity index (χ3n) is 5.05. The van der Waals surface area contributed by atoms with Gasteiger partial charge in [-0.15, -0.1) is 0 Å². The van der Waals surface area contributed by atoms with Crippen LogP contribution in [-0.2, 0) is 17.6 Å². The summed E-state index contributed by atoms with van der Waals surface area (Å²) in [7, 11) is 2.00. The Bertz CT molecular complexity index is 719. The van der Waals surface area contributed by atoms with Crippen LogP contribution >= 0.6 is 0 Å². The van der Waals surface area contributed by atoms with E-state index in [2.05, 4.69) is 43.9 Å². The average molecular weight is 356 g/mol. The lowest BCUT2D eigenvalue weighted by Gasteiger charge is -2.35. The van der Waals surface area contributed by atoms with Gasteiger partial charge < -0.3 is 14.4 Å². The molecule has 0 amide bonds. The Morgan fingerprint density at radius 2 is 1.96 bits per heavy atom. The van der Waals surface area contributed by atoms with E-state index < -0.39 is 11.2 Å². The molecule has 5 nitrogen and oxygen atoms in total. The van der Waals surface area contributed by atoms with Gasteiger partial charge in [0.25, 0.3) is 0 Å². The molecule has 1 atom stereocenters. The van der Waals surface area contributed by atoms with Crippen LogP contribution in [0.2, 0.25) is 0 Å². The lowest BCUT2D eigenvalue weighted by molar-refractivity contribution is 0.260. The van der Waals surface area contributed by atoms with Gasteiger partial charge in [0.15, 0.2) is 10.8 Å². The minimum Gasteiger partial charge on any atom is -0.610 e. The molecule has 0 spiro atoms. The van der Waals surface area contributed by atoms with Gasteiger partial charge in [0.1, 0.15) is 5.82 Å². The number of hydrogen-bond donors (Lipinski definition) is 0. The van der Waals surface area contributed by atoms with Crippen molar-refractivity contribution in [3.63, 3.8) is 0 Å². The van der Waals surface area contributed by atoms with Crippen LogP contribution in [0, 0.1) is 0 Å². The first-order valence-corrected chi connectivity index (χ1v) is 10.1. The molecule has 4 rings (SSSR count). The molecule has 0 N–H and O–H groups in total. The van der Waals surface area contributed by atoms with Gasteiger partial charge >= 0.3 is 0 Å². The molecule has 132 valence electrons. The van der Waals surface area contributed by atoms with Crippen molar-refractivity contribution in [2.75, 3.05) is 55.4 Å². The van der Waals surface area contributed by atoms with Gasteiger partial charge in [-0.3, -0.25) is 4.90 Å². The minimum atomic E-state index is -0.874. The second kappa shape index (κ2) is 7.23. The van der Waals surface area contributed by atoms with Crippen LogP contribution in [0.15, 0.2) is 47.5 Å². The topological polar surface area (TPSA) is 45.7 Å². The lowest BCUT2D eigenvalue weighted by Crippen LogP contribution is -2.47. The van der Waals surface area contributed by atoms with E-state index in [1.54, 1.807) is 0 Å². The first-order chi connectivity index (χ1) is 12.2. The highest BCUT2D eigenvalue weighted by Gasteiger charge is 2.29. The van der Waals surface area contributed by atoms with E-state index in [0.717, 1.165) is 55.5 Å². The molecule has 1 fully saturated rings. The van der Waals surface area contributed by atoms with Crippen LogP contribution in [-0.4, -0.2) is 60.1 Å². The number of hydrogen-bond acceptors (Lipinski definition) is 5. The van der Waals surface area contributed by atoms with E-state index in [4.69, 9.17) is 0 Å². The summed E-state index contributed by atoms with van der Waals surface area (Å²) >= 11 is -0.874. The summed E-state index contributed by atoms with van der Waals surface area (Å²) in [5.41, 5.74) is 2.40. The Labute approximate surface area is 152 Å². The monoisotopic (exact) mass is 356 g/mol. The van der Waals surface area contributed by atoms with Crippen LogP contribution < -0.4 is 9.80 Å². The predicted octanol–water partition coefficient (Wildman–Crippen LogP) is 1.96. The maximum Gasteiger partial charge on any atom is 0.183 e. The molecule has 0 radical (unpaired) electrons. The van der Waals surface area contributed by atoms with Crippen molar-refractivity contribution in [1.29, 1.82) is 0 Å². The predicted molar refractivity (Wildman–Crippen MR) is 103 cm³/mol. The number of rotatable bonds is 4. The second-order valence-corrected chi connectivity index (χ2v) is 8.13. The van der Waals surface area contributed by atoms with Gasteiger partial charge in [0.2, 0.25) is 0 Å². The molecule has 1 unspecified atom stereocenters. The molecule has 2 aromatic rings. The first-order valence-electron chi connectivity index (χ1n) is 8.81. The van der Waals surface area contributed by atoms with E-state index in [0.29, 0.717) is 5.88 Å². The second-order valence-electron chi connectivity index (χ2n) is 6.74. The first kappa shape index (κ1) is 16.7. The van der Waals surface area contributed by atoms with Crippen molar-refractivity contribution < 1.29 is 4.55 Å². The van der Waals surface area contributed by atoms with Gasteiger partial charge in [0.05, 0.1) is 5.69 Å². The van der Waals surface area contributed by atoms with Crippen molar-refractivity contribution in [1.82, 2.24) is 9.88 Å². The zero-order valence-corrected chi connectivity index (χ0v) is 15.4. The van der Waals surface area contributed by atoms with Gasteiger partial charge in [-0.05, 0) is 36.2 Å². The molecule has 3 heterocycles. The molecule has 25 heavy (non-hydrogen) atoms. The van der Waals surface area contributed by atoms with E-state index >= 15 is 0 Å². The van der Waals surface area contributed by atoms with Gasteiger partial charge in [-0.25, -0.2) is 4.98 Å². The number of piperazine rings is 1. The highest BCUT2D eigenvalue weighted by molar-refractivity contribution is 7.92. The summed E-state index contributed by atoms with van der Waals surface area (Å²) < 4.78 is 12.2. The zero-order valence-electron chi connectivity index (χ0n) is 14.6. The average Bonchev–Trinajstić information content (AvgIpc) is 2.95. The van der Waals surface area contributed by atoms with Crippen molar-refractivity contribution >= 4 is 22.7 Å². The van der Waals surface area contributed by atoms with Crippen LogP contribution in [0.5, 0.6) is 0 Å². The molecular weight excluding hydrogens is 332 g/mol. The zero-order chi connectivity index (χ0) is 17.2. The van der Waals surface area contributed by atoms with Crippen LogP contribution in [0.3, 0.4) is 0 Å². The third kappa shape index (κ3) is 3.61. The number of benzene rings is 1. The van der Waals surface area contributed by atoms with Crippen molar-refractivity contribution in [3.05, 3.63) is 48.2 Å². The molecule has 1 aromatic heterocycles. The Balaban J connectivity index is 1.31. The molecule has 6 heteroatoms.